The molecule has 1 aliphatic rings. The van der Waals surface area contributed by atoms with Gasteiger partial charge in [0.15, 0.2) is 0 Å². The van der Waals surface area contributed by atoms with Gasteiger partial charge in [-0.3, -0.25) is 0 Å². The summed E-state index contributed by atoms with van der Waals surface area (Å²) in [5.41, 5.74) is 2.22. The van der Waals surface area contributed by atoms with Crippen molar-refractivity contribution in [1.29, 1.82) is 0 Å². The van der Waals surface area contributed by atoms with Crippen LogP contribution in [0.1, 0.15) is 36.2 Å². The van der Waals surface area contributed by atoms with Gasteiger partial charge in [-0.2, -0.15) is 0 Å². The van der Waals surface area contributed by atoms with Crippen LogP contribution in [-0.2, 0) is 6.42 Å². The van der Waals surface area contributed by atoms with E-state index in [9.17, 15) is 0 Å². The Kier molecular flexibility index (Phi) is 3.52. The van der Waals surface area contributed by atoms with Crippen molar-refractivity contribution in [3.63, 3.8) is 0 Å². The first-order valence-electron chi connectivity index (χ1n) is 6.98. The lowest BCUT2D eigenvalue weighted by Crippen LogP contribution is -2.39. The molecule has 4 heteroatoms. The van der Waals surface area contributed by atoms with Gasteiger partial charge in [0.25, 0.3) is 0 Å². The van der Waals surface area contributed by atoms with Crippen LogP contribution in [0.5, 0.6) is 5.75 Å². The number of aromatic nitrogens is 1. The Balaban J connectivity index is 1.67. The minimum atomic E-state index is -0.207. The van der Waals surface area contributed by atoms with Gasteiger partial charge in [0, 0.05) is 23.9 Å². The van der Waals surface area contributed by atoms with E-state index in [1.807, 2.05) is 19.1 Å². The molecule has 0 saturated carbocycles. The molecule has 1 aromatic heterocycles. The minimum Gasteiger partial charge on any atom is -0.486 e. The molecule has 2 aromatic rings. The van der Waals surface area contributed by atoms with E-state index in [-0.39, 0.29) is 11.6 Å². The summed E-state index contributed by atoms with van der Waals surface area (Å²) in [5.74, 6) is 1.000. The van der Waals surface area contributed by atoms with Crippen molar-refractivity contribution in [2.75, 3.05) is 6.54 Å². The van der Waals surface area contributed by atoms with E-state index in [0.29, 0.717) is 0 Å². The molecule has 1 unspecified atom stereocenters. The number of hydrogen-bond acceptors (Lipinski definition) is 4. The molecule has 0 radical (unpaired) electrons. The maximum atomic E-state index is 6.04. The van der Waals surface area contributed by atoms with Crippen LogP contribution in [0.3, 0.4) is 0 Å². The zero-order chi connectivity index (χ0) is 14.2. The predicted molar refractivity (Wildman–Crippen MR) is 82.4 cm³/mol. The third-order valence-corrected chi connectivity index (χ3v) is 4.52. The molecule has 1 aromatic carbocycles. The smallest absolute Gasteiger partial charge is 0.125 e. The van der Waals surface area contributed by atoms with Crippen molar-refractivity contribution in [2.24, 2.45) is 0 Å². The van der Waals surface area contributed by atoms with Gasteiger partial charge >= 0.3 is 0 Å². The molecule has 1 N–H and O–H groups in total. The van der Waals surface area contributed by atoms with Crippen LogP contribution < -0.4 is 10.1 Å². The number of fused-ring (bicyclic) bond motifs is 1. The standard InChI is InChI=1S/C16H20N2OS/c1-11-18-12(10-20-11)8-9-17-15-13-6-4-5-7-14(13)19-16(15,2)3/h4-7,10,15,17H,8-9H2,1-3H3. The fourth-order valence-corrected chi connectivity index (χ4v) is 3.40. The molecule has 0 aliphatic carbocycles. The predicted octanol–water partition coefficient (Wildman–Crippen LogP) is 3.50. The molecule has 2 heterocycles. The number of rotatable bonds is 4. The molecule has 1 atom stereocenters. The Labute approximate surface area is 124 Å². The first-order chi connectivity index (χ1) is 9.56. The quantitative estimate of drug-likeness (QED) is 0.935. The number of nitrogens with zero attached hydrogens (tertiary/aromatic N) is 1. The van der Waals surface area contributed by atoms with Gasteiger partial charge in [0.05, 0.1) is 16.7 Å². The van der Waals surface area contributed by atoms with E-state index in [0.717, 1.165) is 23.7 Å². The summed E-state index contributed by atoms with van der Waals surface area (Å²) in [6, 6.07) is 8.52. The van der Waals surface area contributed by atoms with Crippen LogP contribution in [0.25, 0.3) is 0 Å². The van der Waals surface area contributed by atoms with Crippen molar-refractivity contribution < 1.29 is 4.74 Å². The topological polar surface area (TPSA) is 34.2 Å². The minimum absolute atomic E-state index is 0.207. The Morgan fingerprint density at radius 2 is 2.15 bits per heavy atom. The van der Waals surface area contributed by atoms with Crippen molar-refractivity contribution >= 4 is 11.3 Å². The lowest BCUT2D eigenvalue weighted by Gasteiger charge is -2.27. The third-order valence-electron chi connectivity index (χ3n) is 3.69. The number of para-hydroxylation sites is 1. The second kappa shape index (κ2) is 5.19. The number of thiazole rings is 1. The Bertz CT molecular complexity index is 606. The zero-order valence-electron chi connectivity index (χ0n) is 12.1. The summed E-state index contributed by atoms with van der Waals surface area (Å²) in [5, 5.41) is 6.90. The molecule has 0 bridgehead atoms. The summed E-state index contributed by atoms with van der Waals surface area (Å²) >= 11 is 1.71. The van der Waals surface area contributed by atoms with Crippen LogP contribution in [-0.4, -0.2) is 17.1 Å². The van der Waals surface area contributed by atoms with Crippen LogP contribution in [0, 0.1) is 6.92 Å². The number of nitrogens with one attached hydrogen (secondary N) is 1. The molecule has 3 rings (SSSR count). The average molecular weight is 288 g/mol. The van der Waals surface area contributed by atoms with Crippen LogP contribution in [0.4, 0.5) is 0 Å². The molecular weight excluding hydrogens is 268 g/mol. The summed E-state index contributed by atoms with van der Waals surface area (Å²) in [4.78, 5) is 4.50. The molecular formula is C16H20N2OS. The number of benzene rings is 1. The second-order valence-electron chi connectivity index (χ2n) is 5.74. The van der Waals surface area contributed by atoms with Gasteiger partial charge in [0.2, 0.25) is 0 Å². The first kappa shape index (κ1) is 13.6. The molecule has 20 heavy (non-hydrogen) atoms. The maximum absolute atomic E-state index is 6.04. The highest BCUT2D eigenvalue weighted by atomic mass is 32.1. The van der Waals surface area contributed by atoms with Gasteiger partial charge in [-0.1, -0.05) is 18.2 Å². The Hall–Kier alpha value is -1.39. The van der Waals surface area contributed by atoms with Gasteiger partial charge in [0.1, 0.15) is 11.4 Å². The molecule has 3 nitrogen and oxygen atoms in total. The van der Waals surface area contributed by atoms with E-state index in [2.05, 4.69) is 41.7 Å². The summed E-state index contributed by atoms with van der Waals surface area (Å²) in [6.07, 6.45) is 0.957. The molecule has 0 amide bonds. The second-order valence-corrected chi connectivity index (χ2v) is 6.80. The van der Waals surface area contributed by atoms with E-state index in [1.54, 1.807) is 11.3 Å². The average Bonchev–Trinajstić information content (AvgIpc) is 2.91. The number of aryl methyl sites for hydroxylation is 1. The third kappa shape index (κ3) is 2.58. The number of ether oxygens (including phenoxy) is 1. The summed E-state index contributed by atoms with van der Waals surface area (Å²) in [7, 11) is 0. The normalized spacial score (nSPS) is 19.6. The molecule has 0 fully saturated rings. The van der Waals surface area contributed by atoms with E-state index < -0.39 is 0 Å². The number of hydrogen-bond donors (Lipinski definition) is 1. The van der Waals surface area contributed by atoms with Crippen molar-refractivity contribution in [3.05, 3.63) is 45.9 Å². The monoisotopic (exact) mass is 288 g/mol. The fourth-order valence-electron chi connectivity index (χ4n) is 2.75. The molecule has 0 saturated heterocycles. The van der Waals surface area contributed by atoms with Crippen LogP contribution >= 0.6 is 11.3 Å². The highest BCUT2D eigenvalue weighted by Gasteiger charge is 2.40. The molecule has 106 valence electrons. The SMILES string of the molecule is Cc1nc(CCNC2c3ccccc3OC2(C)C)cs1. The van der Waals surface area contributed by atoms with E-state index in [4.69, 9.17) is 4.74 Å². The first-order valence-corrected chi connectivity index (χ1v) is 7.86. The van der Waals surface area contributed by atoms with Crippen LogP contribution in [0.15, 0.2) is 29.6 Å². The van der Waals surface area contributed by atoms with Crippen molar-refractivity contribution in [3.8, 4) is 5.75 Å². The van der Waals surface area contributed by atoms with E-state index in [1.165, 1.54) is 11.3 Å². The molecule has 1 aliphatic heterocycles. The summed E-state index contributed by atoms with van der Waals surface area (Å²) < 4.78 is 6.04. The van der Waals surface area contributed by atoms with Gasteiger partial charge in [-0.15, -0.1) is 11.3 Å². The van der Waals surface area contributed by atoms with Crippen molar-refractivity contribution in [1.82, 2.24) is 10.3 Å². The molecule has 0 spiro atoms. The van der Waals surface area contributed by atoms with Gasteiger partial charge in [-0.05, 0) is 26.8 Å². The largest absolute Gasteiger partial charge is 0.486 e. The highest BCUT2D eigenvalue weighted by molar-refractivity contribution is 7.09. The fraction of sp³-hybridized carbons (Fsp3) is 0.438. The van der Waals surface area contributed by atoms with Crippen molar-refractivity contribution in [2.45, 2.75) is 38.8 Å². The maximum Gasteiger partial charge on any atom is 0.125 e. The highest BCUT2D eigenvalue weighted by Crippen LogP contribution is 2.42. The lowest BCUT2D eigenvalue weighted by atomic mass is 9.94. The lowest BCUT2D eigenvalue weighted by molar-refractivity contribution is 0.0967. The Morgan fingerprint density at radius 3 is 2.90 bits per heavy atom. The Morgan fingerprint density at radius 1 is 1.35 bits per heavy atom. The van der Waals surface area contributed by atoms with Gasteiger partial charge < -0.3 is 10.1 Å². The zero-order valence-corrected chi connectivity index (χ0v) is 13.0. The van der Waals surface area contributed by atoms with E-state index >= 15 is 0 Å². The summed E-state index contributed by atoms with van der Waals surface area (Å²) in [6.45, 7) is 7.23. The van der Waals surface area contributed by atoms with Gasteiger partial charge in [-0.25, -0.2) is 4.98 Å². The van der Waals surface area contributed by atoms with Crippen LogP contribution in [0.2, 0.25) is 0 Å².